The van der Waals surface area contributed by atoms with Gasteiger partial charge in [-0.1, -0.05) is 0 Å². The van der Waals surface area contributed by atoms with Crippen molar-refractivity contribution in [3.05, 3.63) is 0 Å². The molecule has 0 aromatic rings. The van der Waals surface area contributed by atoms with Crippen molar-refractivity contribution in [1.29, 1.82) is 0 Å². The van der Waals surface area contributed by atoms with Crippen LogP contribution >= 0.6 is 7.75 Å². The molecule has 4 nitrogen and oxygen atoms in total. The van der Waals surface area contributed by atoms with Gasteiger partial charge in [-0.25, -0.2) is 0 Å². The van der Waals surface area contributed by atoms with Crippen LogP contribution in [-0.2, 0) is 4.57 Å². The first-order valence-electron chi connectivity index (χ1n) is 2.21. The van der Waals surface area contributed by atoms with Crippen molar-refractivity contribution in [2.24, 2.45) is 0 Å². The molecule has 0 aliphatic carbocycles. The average molecular weight is 137 g/mol. The molecule has 1 N–H and O–H groups in total. The normalized spacial score (nSPS) is 12.6. The second-order valence-corrected chi connectivity index (χ2v) is 3.03. The van der Waals surface area contributed by atoms with Crippen LogP contribution in [0.15, 0.2) is 0 Å². The molecule has 50 valence electrons. The maximum absolute atomic E-state index is 9.80. The Labute approximate surface area is 48.1 Å². The van der Waals surface area contributed by atoms with Crippen molar-refractivity contribution in [1.82, 2.24) is 5.09 Å². The first-order chi connectivity index (χ1) is 3.42. The van der Waals surface area contributed by atoms with E-state index in [2.05, 4.69) is 0 Å². The van der Waals surface area contributed by atoms with Gasteiger partial charge in [0, 0.05) is 6.04 Å². The molecule has 0 saturated heterocycles. The SMILES string of the molecule is CC(C)NP(=O)([O-])[O-]. The summed E-state index contributed by atoms with van der Waals surface area (Å²) in [7, 11) is -4.47. The Morgan fingerprint density at radius 3 is 1.88 bits per heavy atom. The zero-order chi connectivity index (χ0) is 6.78. The predicted molar refractivity (Wildman–Crippen MR) is 25.9 cm³/mol. The van der Waals surface area contributed by atoms with Gasteiger partial charge in [-0.05, 0) is 21.6 Å². The molecule has 0 amide bonds. The standard InChI is InChI=1S/C3H10NO3P/c1-3(2)4-8(5,6)7/h3H,1-2H3,(H3,4,5,6,7)/p-2. The van der Waals surface area contributed by atoms with Crippen molar-refractivity contribution in [2.45, 2.75) is 19.9 Å². The smallest absolute Gasteiger partial charge is 0.00528 e. The first kappa shape index (κ1) is 8.11. The van der Waals surface area contributed by atoms with Gasteiger partial charge in [0.15, 0.2) is 0 Å². The quantitative estimate of drug-likeness (QED) is 0.485. The van der Waals surface area contributed by atoms with Gasteiger partial charge in [0.25, 0.3) is 0 Å². The minimum Gasteiger partial charge on any atom is -0.799 e. The summed E-state index contributed by atoms with van der Waals surface area (Å²) in [4.78, 5) is 19.6. The van der Waals surface area contributed by atoms with E-state index in [0.29, 0.717) is 0 Å². The number of hydrogen-bond acceptors (Lipinski definition) is 3. The Bertz CT molecular complexity index is 107. The van der Waals surface area contributed by atoms with Crippen LogP contribution in [0.1, 0.15) is 13.8 Å². The van der Waals surface area contributed by atoms with Crippen LogP contribution < -0.4 is 14.9 Å². The Morgan fingerprint density at radius 2 is 1.88 bits per heavy atom. The number of nitrogens with one attached hydrogen (secondary N) is 1. The van der Waals surface area contributed by atoms with Crippen molar-refractivity contribution in [3.8, 4) is 0 Å². The van der Waals surface area contributed by atoms with Crippen molar-refractivity contribution < 1.29 is 14.4 Å². The number of hydrogen-bond donors (Lipinski definition) is 1. The molecular formula is C3H8NO3P-2. The lowest BCUT2D eigenvalue weighted by Gasteiger charge is -2.32. The van der Waals surface area contributed by atoms with E-state index in [-0.39, 0.29) is 6.04 Å². The van der Waals surface area contributed by atoms with E-state index in [1.807, 2.05) is 5.09 Å². The van der Waals surface area contributed by atoms with Crippen LogP contribution in [0.2, 0.25) is 0 Å². The Balaban J connectivity index is 3.56. The summed E-state index contributed by atoms with van der Waals surface area (Å²) in [5.41, 5.74) is 0. The molecule has 0 bridgehead atoms. The summed E-state index contributed by atoms with van der Waals surface area (Å²) in [5, 5.41) is 1.83. The van der Waals surface area contributed by atoms with Gasteiger partial charge in [0.2, 0.25) is 0 Å². The topological polar surface area (TPSA) is 75.2 Å². The van der Waals surface area contributed by atoms with E-state index in [1.54, 1.807) is 13.8 Å². The largest absolute Gasteiger partial charge is 0.799 e. The highest BCUT2D eigenvalue weighted by Gasteiger charge is 1.91. The van der Waals surface area contributed by atoms with Crippen LogP contribution in [0.5, 0.6) is 0 Å². The first-order valence-corrected chi connectivity index (χ1v) is 3.76. The van der Waals surface area contributed by atoms with Gasteiger partial charge >= 0.3 is 0 Å². The summed E-state index contributed by atoms with van der Waals surface area (Å²) in [6.07, 6.45) is 0. The van der Waals surface area contributed by atoms with Crippen molar-refractivity contribution >= 4 is 7.75 Å². The van der Waals surface area contributed by atoms with E-state index >= 15 is 0 Å². The molecule has 0 aliphatic heterocycles. The van der Waals surface area contributed by atoms with E-state index in [9.17, 15) is 14.4 Å². The minimum atomic E-state index is -4.47. The summed E-state index contributed by atoms with van der Waals surface area (Å²) >= 11 is 0. The molecule has 8 heavy (non-hydrogen) atoms. The third-order valence-electron chi connectivity index (χ3n) is 0.416. The minimum absolute atomic E-state index is 0.296. The molecule has 0 saturated carbocycles. The fraction of sp³-hybridized carbons (Fsp3) is 1.00. The summed E-state index contributed by atoms with van der Waals surface area (Å²) < 4.78 is 9.80. The van der Waals surface area contributed by atoms with E-state index in [4.69, 9.17) is 0 Å². The van der Waals surface area contributed by atoms with E-state index in [1.165, 1.54) is 0 Å². The summed E-state index contributed by atoms with van der Waals surface area (Å²) in [5.74, 6) is 0. The zero-order valence-electron chi connectivity index (χ0n) is 4.75. The fourth-order valence-corrected chi connectivity index (χ4v) is 0.949. The van der Waals surface area contributed by atoms with Gasteiger partial charge in [-0.2, -0.15) is 0 Å². The second-order valence-electron chi connectivity index (χ2n) is 1.78. The summed E-state index contributed by atoms with van der Waals surface area (Å²) in [6, 6.07) is -0.296. The Morgan fingerprint density at radius 1 is 1.50 bits per heavy atom. The highest BCUT2D eigenvalue weighted by molar-refractivity contribution is 7.46. The molecule has 0 heterocycles. The second kappa shape index (κ2) is 2.60. The molecule has 0 atom stereocenters. The third kappa shape index (κ3) is 6.11. The Hall–Kier alpha value is 0.110. The van der Waals surface area contributed by atoms with Gasteiger partial charge in [-0.15, -0.1) is 0 Å². The molecule has 0 aromatic carbocycles. The lowest BCUT2D eigenvalue weighted by atomic mass is 10.4. The van der Waals surface area contributed by atoms with Crippen molar-refractivity contribution in [3.63, 3.8) is 0 Å². The van der Waals surface area contributed by atoms with Crippen molar-refractivity contribution in [2.75, 3.05) is 0 Å². The maximum Gasteiger partial charge on any atom is 0.00528 e. The molecular weight excluding hydrogens is 129 g/mol. The fourth-order valence-electron chi connectivity index (χ4n) is 0.316. The van der Waals surface area contributed by atoms with Crippen LogP contribution in [0.3, 0.4) is 0 Å². The van der Waals surface area contributed by atoms with Crippen LogP contribution in [0, 0.1) is 0 Å². The van der Waals surface area contributed by atoms with Gasteiger partial charge in [-0.3, -0.25) is 5.09 Å². The van der Waals surface area contributed by atoms with Gasteiger partial charge in [0.05, 0.1) is 0 Å². The molecule has 0 radical (unpaired) electrons. The molecule has 0 unspecified atom stereocenters. The third-order valence-corrected chi connectivity index (χ3v) is 1.25. The highest BCUT2D eigenvalue weighted by atomic mass is 31.2. The average Bonchev–Trinajstić information content (AvgIpc) is 1.21. The van der Waals surface area contributed by atoms with Gasteiger partial charge < -0.3 is 14.4 Å². The van der Waals surface area contributed by atoms with E-state index in [0.717, 1.165) is 0 Å². The predicted octanol–water partition coefficient (Wildman–Crippen LogP) is -1.19. The molecule has 0 spiro atoms. The van der Waals surface area contributed by atoms with Crippen LogP contribution in [0.4, 0.5) is 0 Å². The lowest BCUT2D eigenvalue weighted by molar-refractivity contribution is -0.318. The maximum atomic E-state index is 9.80. The Kier molecular flexibility index (Phi) is 2.63. The molecule has 0 fully saturated rings. The molecule has 0 aliphatic rings. The summed E-state index contributed by atoms with van der Waals surface area (Å²) in [6.45, 7) is 3.17. The van der Waals surface area contributed by atoms with E-state index < -0.39 is 7.75 Å². The molecule has 0 aromatic heterocycles. The molecule has 0 rings (SSSR count). The highest BCUT2D eigenvalue weighted by Crippen LogP contribution is 2.15. The van der Waals surface area contributed by atoms with Crippen LogP contribution in [0.25, 0.3) is 0 Å². The lowest BCUT2D eigenvalue weighted by Crippen LogP contribution is -2.32. The monoisotopic (exact) mass is 137 g/mol. The zero-order valence-corrected chi connectivity index (χ0v) is 5.64. The molecule has 5 heteroatoms. The van der Waals surface area contributed by atoms with Gasteiger partial charge in [0.1, 0.15) is 0 Å². The number of rotatable bonds is 2. The van der Waals surface area contributed by atoms with Crippen LogP contribution in [-0.4, -0.2) is 6.04 Å².